The zero-order valence-electron chi connectivity index (χ0n) is 19.8. The molecule has 36 heavy (non-hydrogen) atoms. The first-order chi connectivity index (χ1) is 17.7. The molecule has 6 rings (SSSR count). The third-order valence-corrected chi connectivity index (χ3v) is 6.95. The van der Waals surface area contributed by atoms with Crippen molar-refractivity contribution in [3.8, 4) is 0 Å². The molecule has 0 spiro atoms. The molecule has 0 saturated carbocycles. The van der Waals surface area contributed by atoms with Crippen molar-refractivity contribution in [2.45, 2.75) is 18.9 Å². The van der Waals surface area contributed by atoms with E-state index in [4.69, 9.17) is 0 Å². The fraction of sp³-hybridized carbons (Fsp3) is 0.207. The number of para-hydroxylation sites is 1. The molecule has 6 nitrogen and oxygen atoms in total. The first-order valence-corrected chi connectivity index (χ1v) is 12.3. The van der Waals surface area contributed by atoms with Gasteiger partial charge in [-0.1, -0.05) is 53.7 Å². The Morgan fingerprint density at radius 3 is 2.42 bits per heavy atom. The van der Waals surface area contributed by atoms with E-state index in [2.05, 4.69) is 39.5 Å². The van der Waals surface area contributed by atoms with Gasteiger partial charge in [0.1, 0.15) is 11.3 Å². The number of amides is 1. The summed E-state index contributed by atoms with van der Waals surface area (Å²) >= 11 is 0. The highest BCUT2D eigenvalue weighted by atomic mass is 19.1. The third-order valence-electron chi connectivity index (χ3n) is 6.95. The van der Waals surface area contributed by atoms with Crippen LogP contribution in [0.4, 0.5) is 15.8 Å². The molecule has 4 aromatic carbocycles. The second-order valence-corrected chi connectivity index (χ2v) is 9.27. The highest BCUT2D eigenvalue weighted by molar-refractivity contribution is 6.03. The zero-order chi connectivity index (χ0) is 24.5. The van der Waals surface area contributed by atoms with E-state index in [-0.39, 0.29) is 17.8 Å². The average molecular weight is 480 g/mol. The van der Waals surface area contributed by atoms with Crippen LogP contribution >= 0.6 is 0 Å². The number of anilines is 2. The maximum absolute atomic E-state index is 13.7. The highest BCUT2D eigenvalue weighted by Gasteiger charge is 2.27. The monoisotopic (exact) mass is 479 g/mol. The van der Waals surface area contributed by atoms with Crippen LogP contribution < -0.4 is 4.90 Å². The molecule has 2 heterocycles. The molecule has 1 saturated heterocycles. The fourth-order valence-corrected chi connectivity index (χ4v) is 5.10. The number of hydrogen-bond donors (Lipinski definition) is 0. The van der Waals surface area contributed by atoms with Crippen LogP contribution in [0.2, 0.25) is 0 Å². The summed E-state index contributed by atoms with van der Waals surface area (Å²) in [6.07, 6.45) is 1.70. The lowest BCUT2D eigenvalue weighted by molar-refractivity contribution is -0.119. The summed E-state index contributed by atoms with van der Waals surface area (Å²) in [6, 6.07) is 28.9. The van der Waals surface area contributed by atoms with Crippen molar-refractivity contribution in [3.63, 3.8) is 0 Å². The lowest BCUT2D eigenvalue weighted by Gasteiger charge is -2.33. The Morgan fingerprint density at radius 2 is 1.61 bits per heavy atom. The Morgan fingerprint density at radius 1 is 0.861 bits per heavy atom. The quantitative estimate of drug-likeness (QED) is 0.323. The molecule has 0 bridgehead atoms. The van der Waals surface area contributed by atoms with Gasteiger partial charge in [-0.05, 0) is 60.0 Å². The molecule has 1 aromatic heterocycles. The molecule has 180 valence electrons. The Labute approximate surface area is 208 Å². The molecule has 0 N–H and O–H groups in total. The Kier molecular flexibility index (Phi) is 5.91. The van der Waals surface area contributed by atoms with E-state index < -0.39 is 0 Å². The van der Waals surface area contributed by atoms with Gasteiger partial charge in [-0.25, -0.2) is 9.07 Å². The summed E-state index contributed by atoms with van der Waals surface area (Å²) in [7, 11) is 0. The minimum Gasteiger partial charge on any atom is -0.294 e. The number of halogens is 1. The lowest BCUT2D eigenvalue weighted by atomic mass is 10.0. The molecular weight excluding hydrogens is 453 g/mol. The number of carbonyl (C=O) groups is 1. The van der Waals surface area contributed by atoms with Gasteiger partial charge >= 0.3 is 0 Å². The maximum Gasteiger partial charge on any atom is 0.245 e. The summed E-state index contributed by atoms with van der Waals surface area (Å²) in [6.45, 7) is 1.89. The summed E-state index contributed by atoms with van der Waals surface area (Å²) < 4.78 is 15.4. The van der Waals surface area contributed by atoms with E-state index in [0.29, 0.717) is 12.1 Å². The lowest BCUT2D eigenvalue weighted by Crippen LogP contribution is -2.42. The second kappa shape index (κ2) is 9.51. The first kappa shape index (κ1) is 22.4. The molecule has 1 aliphatic rings. The van der Waals surface area contributed by atoms with Crippen LogP contribution in [0.25, 0.3) is 21.8 Å². The van der Waals surface area contributed by atoms with Crippen molar-refractivity contribution < 1.29 is 9.18 Å². The van der Waals surface area contributed by atoms with E-state index in [1.54, 1.807) is 6.07 Å². The second-order valence-electron chi connectivity index (χ2n) is 9.27. The normalized spacial score (nSPS) is 14.9. The summed E-state index contributed by atoms with van der Waals surface area (Å²) in [4.78, 5) is 17.7. The number of hydrogen-bond acceptors (Lipinski definition) is 4. The van der Waals surface area contributed by atoms with E-state index in [1.165, 1.54) is 12.1 Å². The number of fused-ring (bicyclic) bond motifs is 2. The number of nitrogens with zero attached hydrogens (tertiary/aromatic N) is 5. The van der Waals surface area contributed by atoms with Crippen molar-refractivity contribution >= 4 is 39.1 Å². The number of carbonyl (C=O) groups excluding carboxylic acids is 1. The predicted octanol–water partition coefficient (Wildman–Crippen LogP) is 5.73. The third kappa shape index (κ3) is 4.33. The topological polar surface area (TPSA) is 54.3 Å². The average Bonchev–Trinajstić information content (AvgIpc) is 3.33. The molecule has 1 fully saturated rings. The molecular formula is C29H26FN5O. The minimum absolute atomic E-state index is 0.0385. The van der Waals surface area contributed by atoms with Crippen molar-refractivity contribution in [1.82, 2.24) is 19.9 Å². The molecule has 1 amide bonds. The largest absolute Gasteiger partial charge is 0.294 e. The Bertz CT molecular complexity index is 1530. The SMILES string of the molecule is O=C(CN1CCC(n2nnc3cc(F)ccc32)CC1)N(c1ccccc1)c1ccc2ccccc2c1. The highest BCUT2D eigenvalue weighted by Crippen LogP contribution is 2.30. The van der Waals surface area contributed by atoms with Gasteiger partial charge in [-0.15, -0.1) is 5.10 Å². The minimum atomic E-state index is -0.308. The van der Waals surface area contributed by atoms with Gasteiger partial charge in [0.25, 0.3) is 0 Å². The molecule has 0 radical (unpaired) electrons. The van der Waals surface area contributed by atoms with Crippen LogP contribution in [0.1, 0.15) is 18.9 Å². The summed E-state index contributed by atoms with van der Waals surface area (Å²) in [5, 5.41) is 10.7. The summed E-state index contributed by atoms with van der Waals surface area (Å²) in [5.74, 6) is -0.270. The Balaban J connectivity index is 1.19. The van der Waals surface area contributed by atoms with Gasteiger partial charge in [-0.2, -0.15) is 0 Å². The first-order valence-electron chi connectivity index (χ1n) is 12.3. The zero-order valence-corrected chi connectivity index (χ0v) is 19.8. The fourth-order valence-electron chi connectivity index (χ4n) is 5.10. The Hall–Kier alpha value is -4.10. The standard InChI is InChI=1S/C29H26FN5O/c30-23-11-13-28-27(19-23)31-32-35(28)25-14-16-33(17-15-25)20-29(36)34(24-8-2-1-3-9-24)26-12-10-21-6-4-5-7-22(21)18-26/h1-13,18-19,25H,14-17,20H2. The molecule has 1 aliphatic heterocycles. The van der Waals surface area contributed by atoms with Crippen LogP contribution in [0, 0.1) is 5.82 Å². The number of aromatic nitrogens is 3. The van der Waals surface area contributed by atoms with Gasteiger partial charge in [0.2, 0.25) is 5.91 Å². The number of likely N-dealkylation sites (tertiary alicyclic amines) is 1. The van der Waals surface area contributed by atoms with Crippen LogP contribution in [0.15, 0.2) is 91.0 Å². The number of rotatable bonds is 5. The van der Waals surface area contributed by atoms with E-state index >= 15 is 0 Å². The number of benzene rings is 4. The van der Waals surface area contributed by atoms with Crippen LogP contribution in [-0.4, -0.2) is 45.4 Å². The van der Waals surface area contributed by atoms with Crippen LogP contribution in [0.5, 0.6) is 0 Å². The predicted molar refractivity (Wildman–Crippen MR) is 140 cm³/mol. The van der Waals surface area contributed by atoms with Crippen molar-refractivity contribution in [3.05, 3.63) is 96.8 Å². The summed E-state index contributed by atoms with van der Waals surface area (Å²) in [5.41, 5.74) is 3.13. The van der Waals surface area contributed by atoms with E-state index in [1.807, 2.05) is 58.1 Å². The van der Waals surface area contributed by atoms with Gasteiger partial charge in [0.15, 0.2) is 0 Å². The van der Waals surface area contributed by atoms with Crippen molar-refractivity contribution in [2.75, 3.05) is 24.5 Å². The van der Waals surface area contributed by atoms with Crippen LogP contribution in [-0.2, 0) is 4.79 Å². The van der Waals surface area contributed by atoms with Crippen LogP contribution in [0.3, 0.4) is 0 Å². The van der Waals surface area contributed by atoms with Gasteiger partial charge in [0, 0.05) is 30.5 Å². The van der Waals surface area contributed by atoms with E-state index in [9.17, 15) is 9.18 Å². The smallest absolute Gasteiger partial charge is 0.245 e. The van der Waals surface area contributed by atoms with Gasteiger partial charge in [0.05, 0.1) is 18.1 Å². The van der Waals surface area contributed by atoms with Crippen molar-refractivity contribution in [1.29, 1.82) is 0 Å². The van der Waals surface area contributed by atoms with Gasteiger partial charge in [-0.3, -0.25) is 14.6 Å². The van der Waals surface area contributed by atoms with Crippen molar-refractivity contribution in [2.24, 2.45) is 0 Å². The molecule has 7 heteroatoms. The molecule has 5 aromatic rings. The molecule has 0 atom stereocenters. The van der Waals surface area contributed by atoms with E-state index in [0.717, 1.165) is 53.6 Å². The molecule has 0 unspecified atom stereocenters. The van der Waals surface area contributed by atoms with Gasteiger partial charge < -0.3 is 0 Å². The number of piperidine rings is 1. The molecule has 0 aliphatic carbocycles. The maximum atomic E-state index is 13.7.